The van der Waals surface area contributed by atoms with Crippen molar-refractivity contribution in [1.82, 2.24) is 0 Å². The maximum absolute atomic E-state index is 11.5. The molecule has 0 aliphatic heterocycles. The second-order valence-electron chi connectivity index (χ2n) is 3.36. The third-order valence-electron chi connectivity index (χ3n) is 2.34. The first-order chi connectivity index (χ1) is 7.63. The van der Waals surface area contributed by atoms with Crippen molar-refractivity contribution in [1.29, 1.82) is 0 Å². The molecular formula is C12H13NO3. The Morgan fingerprint density at radius 2 is 2.19 bits per heavy atom. The number of rotatable bonds is 3. The van der Waals surface area contributed by atoms with Crippen molar-refractivity contribution in [3.8, 4) is 0 Å². The maximum atomic E-state index is 11.5. The van der Waals surface area contributed by atoms with Crippen LogP contribution in [0.1, 0.15) is 28.4 Å². The molecule has 1 rings (SSSR count). The normalized spacial score (nSPS) is 9.44. The molecule has 0 amide bonds. The minimum atomic E-state index is -0.492. The van der Waals surface area contributed by atoms with E-state index in [0.29, 0.717) is 11.3 Å². The molecular weight excluding hydrogens is 206 g/mol. The van der Waals surface area contributed by atoms with E-state index in [1.54, 1.807) is 13.0 Å². The lowest BCUT2D eigenvalue weighted by atomic mass is 10.0. The van der Waals surface area contributed by atoms with Crippen LogP contribution in [0.2, 0.25) is 0 Å². The van der Waals surface area contributed by atoms with Crippen LogP contribution >= 0.6 is 0 Å². The van der Waals surface area contributed by atoms with Gasteiger partial charge in [-0.05, 0) is 30.5 Å². The van der Waals surface area contributed by atoms with Crippen LogP contribution in [0.15, 0.2) is 17.1 Å². The molecule has 0 unspecified atom stereocenters. The number of carbonyl (C=O) groups excluding carboxylic acids is 2. The van der Waals surface area contributed by atoms with E-state index in [9.17, 15) is 9.59 Å². The van der Waals surface area contributed by atoms with E-state index in [2.05, 4.69) is 9.73 Å². The van der Waals surface area contributed by atoms with E-state index in [1.165, 1.54) is 13.2 Å². The van der Waals surface area contributed by atoms with Gasteiger partial charge in [-0.15, -0.1) is 0 Å². The second kappa shape index (κ2) is 5.24. The van der Waals surface area contributed by atoms with Crippen LogP contribution in [0.5, 0.6) is 0 Å². The zero-order valence-electron chi connectivity index (χ0n) is 9.53. The number of hydrogen-bond donors (Lipinski definition) is 0. The summed E-state index contributed by atoms with van der Waals surface area (Å²) >= 11 is 0. The molecule has 0 heterocycles. The van der Waals surface area contributed by atoms with Gasteiger partial charge in [-0.2, -0.15) is 4.99 Å². The fourth-order valence-corrected chi connectivity index (χ4v) is 1.55. The number of ether oxygens (including phenoxy) is 1. The molecule has 0 atom stereocenters. The lowest BCUT2D eigenvalue weighted by Gasteiger charge is -2.08. The highest BCUT2D eigenvalue weighted by atomic mass is 16.5. The molecule has 0 saturated heterocycles. The van der Waals surface area contributed by atoms with Gasteiger partial charge in [0.05, 0.1) is 18.4 Å². The number of nitrogens with zero attached hydrogens (tertiary/aromatic N) is 1. The van der Waals surface area contributed by atoms with Gasteiger partial charge in [0.2, 0.25) is 6.08 Å². The van der Waals surface area contributed by atoms with Crippen molar-refractivity contribution in [2.24, 2.45) is 4.99 Å². The zero-order chi connectivity index (χ0) is 12.1. The summed E-state index contributed by atoms with van der Waals surface area (Å²) in [5.74, 6) is -0.492. The first-order valence-electron chi connectivity index (χ1n) is 4.93. The maximum Gasteiger partial charge on any atom is 0.340 e. The van der Waals surface area contributed by atoms with E-state index in [0.717, 1.165) is 17.5 Å². The average Bonchev–Trinajstić information content (AvgIpc) is 2.28. The predicted molar refractivity (Wildman–Crippen MR) is 59.7 cm³/mol. The Kier molecular flexibility index (Phi) is 3.97. The topological polar surface area (TPSA) is 55.7 Å². The number of esters is 1. The number of aryl methyl sites for hydroxylation is 2. The van der Waals surface area contributed by atoms with Gasteiger partial charge in [-0.25, -0.2) is 9.59 Å². The van der Waals surface area contributed by atoms with Gasteiger partial charge < -0.3 is 4.74 Å². The smallest absolute Gasteiger partial charge is 0.340 e. The zero-order valence-corrected chi connectivity index (χ0v) is 9.53. The highest BCUT2D eigenvalue weighted by molar-refractivity contribution is 5.97. The van der Waals surface area contributed by atoms with Gasteiger partial charge in [-0.3, -0.25) is 0 Å². The van der Waals surface area contributed by atoms with Crippen molar-refractivity contribution >= 4 is 17.7 Å². The number of benzene rings is 1. The number of aliphatic imine (C=N–C) groups is 1. The van der Waals surface area contributed by atoms with Crippen molar-refractivity contribution < 1.29 is 14.3 Å². The summed E-state index contributed by atoms with van der Waals surface area (Å²) < 4.78 is 4.65. The third kappa shape index (κ3) is 2.35. The average molecular weight is 219 g/mol. The van der Waals surface area contributed by atoms with Crippen LogP contribution in [-0.4, -0.2) is 19.2 Å². The monoisotopic (exact) mass is 219 g/mol. The SMILES string of the molecule is CCc1cc(C)c(C(=O)OC)c(N=C=O)c1. The quantitative estimate of drug-likeness (QED) is 0.445. The molecule has 0 saturated carbocycles. The molecule has 4 heteroatoms. The Morgan fingerprint density at radius 3 is 2.69 bits per heavy atom. The Bertz CT molecular complexity index is 460. The van der Waals surface area contributed by atoms with Crippen molar-refractivity contribution in [3.05, 3.63) is 28.8 Å². The highest BCUT2D eigenvalue weighted by Gasteiger charge is 2.15. The van der Waals surface area contributed by atoms with Crippen LogP contribution in [0, 0.1) is 6.92 Å². The van der Waals surface area contributed by atoms with E-state index in [4.69, 9.17) is 0 Å². The van der Waals surface area contributed by atoms with Gasteiger partial charge in [0.15, 0.2) is 0 Å². The first-order valence-corrected chi connectivity index (χ1v) is 4.93. The van der Waals surface area contributed by atoms with Gasteiger partial charge in [0.1, 0.15) is 0 Å². The lowest BCUT2D eigenvalue weighted by Crippen LogP contribution is -2.05. The minimum Gasteiger partial charge on any atom is -0.465 e. The van der Waals surface area contributed by atoms with Crippen LogP contribution in [-0.2, 0) is 16.0 Å². The standard InChI is InChI=1S/C12H13NO3/c1-4-9-5-8(2)11(12(15)16-3)10(6-9)13-7-14/h5-6H,4H2,1-3H3. The summed E-state index contributed by atoms with van der Waals surface area (Å²) in [5, 5.41) is 0. The van der Waals surface area contributed by atoms with Crippen LogP contribution in [0.4, 0.5) is 5.69 Å². The minimum absolute atomic E-state index is 0.318. The molecule has 0 aliphatic rings. The van der Waals surface area contributed by atoms with Crippen molar-refractivity contribution in [3.63, 3.8) is 0 Å². The van der Waals surface area contributed by atoms with Crippen LogP contribution < -0.4 is 0 Å². The Morgan fingerprint density at radius 1 is 1.50 bits per heavy atom. The van der Waals surface area contributed by atoms with Gasteiger partial charge in [-0.1, -0.05) is 13.0 Å². The summed E-state index contributed by atoms with van der Waals surface area (Å²) in [4.78, 5) is 25.4. The van der Waals surface area contributed by atoms with E-state index in [-0.39, 0.29) is 0 Å². The summed E-state index contributed by atoms with van der Waals surface area (Å²) in [6, 6.07) is 3.58. The molecule has 0 aromatic heterocycles. The van der Waals surface area contributed by atoms with Gasteiger partial charge >= 0.3 is 5.97 Å². The van der Waals surface area contributed by atoms with E-state index in [1.807, 2.05) is 13.0 Å². The molecule has 16 heavy (non-hydrogen) atoms. The molecule has 84 valence electrons. The number of methoxy groups -OCH3 is 1. The summed E-state index contributed by atoms with van der Waals surface area (Å²) in [6.07, 6.45) is 2.26. The molecule has 1 aromatic carbocycles. The lowest BCUT2D eigenvalue weighted by molar-refractivity contribution is 0.0601. The summed E-state index contributed by atoms with van der Waals surface area (Å²) in [6.45, 7) is 3.77. The van der Waals surface area contributed by atoms with Gasteiger partial charge in [0, 0.05) is 0 Å². The van der Waals surface area contributed by atoms with Crippen molar-refractivity contribution in [2.75, 3.05) is 7.11 Å². The molecule has 0 spiro atoms. The predicted octanol–water partition coefficient (Wildman–Crippen LogP) is 2.31. The highest BCUT2D eigenvalue weighted by Crippen LogP contribution is 2.25. The van der Waals surface area contributed by atoms with E-state index < -0.39 is 5.97 Å². The van der Waals surface area contributed by atoms with Gasteiger partial charge in [0.25, 0.3) is 0 Å². The number of carbonyl (C=O) groups is 1. The molecule has 4 nitrogen and oxygen atoms in total. The molecule has 1 aromatic rings. The van der Waals surface area contributed by atoms with E-state index >= 15 is 0 Å². The molecule has 0 fully saturated rings. The Labute approximate surface area is 94.0 Å². The van der Waals surface area contributed by atoms with Crippen molar-refractivity contribution in [2.45, 2.75) is 20.3 Å². The largest absolute Gasteiger partial charge is 0.465 e. The molecule has 0 radical (unpaired) electrons. The number of hydrogen-bond acceptors (Lipinski definition) is 4. The fourth-order valence-electron chi connectivity index (χ4n) is 1.55. The number of isocyanates is 1. The fraction of sp³-hybridized carbons (Fsp3) is 0.333. The summed E-state index contributed by atoms with van der Waals surface area (Å²) in [7, 11) is 1.30. The second-order valence-corrected chi connectivity index (χ2v) is 3.36. The molecule has 0 N–H and O–H groups in total. The summed E-state index contributed by atoms with van der Waals surface area (Å²) in [5.41, 5.74) is 2.40. The molecule has 0 bridgehead atoms. The third-order valence-corrected chi connectivity index (χ3v) is 2.34. The molecule has 0 aliphatic carbocycles. The van der Waals surface area contributed by atoms with Crippen LogP contribution in [0.3, 0.4) is 0 Å². The van der Waals surface area contributed by atoms with Crippen LogP contribution in [0.25, 0.3) is 0 Å². The first kappa shape index (κ1) is 12.1. The Hall–Kier alpha value is -1.93. The Balaban J connectivity index is 3.45.